The quantitative estimate of drug-likeness (QED) is 0.682. The van der Waals surface area contributed by atoms with Gasteiger partial charge in [0.05, 0.1) is 6.10 Å². The van der Waals surface area contributed by atoms with Crippen LogP contribution in [0.15, 0.2) is 0 Å². The van der Waals surface area contributed by atoms with Crippen LogP contribution in [-0.2, 0) is 0 Å². The zero-order valence-corrected chi connectivity index (χ0v) is 8.34. The summed E-state index contributed by atoms with van der Waals surface area (Å²) in [6, 6.07) is 0.700. The van der Waals surface area contributed by atoms with Crippen molar-refractivity contribution >= 4 is 0 Å². The van der Waals surface area contributed by atoms with Gasteiger partial charge in [-0.1, -0.05) is 12.8 Å². The first kappa shape index (κ1) is 9.47. The Bertz CT molecular complexity index is 154. The number of piperidine rings is 1. The number of hydrogen-bond donors (Lipinski definition) is 2. The first-order valence-electron chi connectivity index (χ1n) is 5.78. The molecule has 0 aromatic heterocycles. The van der Waals surface area contributed by atoms with E-state index >= 15 is 0 Å². The van der Waals surface area contributed by atoms with Crippen molar-refractivity contribution < 1.29 is 5.11 Å². The van der Waals surface area contributed by atoms with Gasteiger partial charge in [0.1, 0.15) is 0 Å². The topological polar surface area (TPSA) is 32.3 Å². The molecule has 1 aliphatic carbocycles. The molecular weight excluding hydrogens is 162 g/mol. The molecule has 0 amide bonds. The Morgan fingerprint density at radius 2 is 2.00 bits per heavy atom. The summed E-state index contributed by atoms with van der Waals surface area (Å²) in [5.74, 6) is 0.593. The molecular formula is C11H21NO. The summed E-state index contributed by atoms with van der Waals surface area (Å²) in [6.45, 7) is 1.19. The molecule has 0 aromatic rings. The van der Waals surface area contributed by atoms with Crippen molar-refractivity contribution in [2.24, 2.45) is 5.92 Å². The monoisotopic (exact) mass is 183 g/mol. The van der Waals surface area contributed by atoms with Crippen LogP contribution >= 0.6 is 0 Å². The lowest BCUT2D eigenvalue weighted by molar-refractivity contribution is 0.118. The van der Waals surface area contributed by atoms with Crippen LogP contribution in [-0.4, -0.2) is 23.8 Å². The Balaban J connectivity index is 1.75. The van der Waals surface area contributed by atoms with E-state index in [0.29, 0.717) is 12.0 Å². The average Bonchev–Trinajstić information content (AvgIpc) is 2.54. The number of hydrogen-bond acceptors (Lipinski definition) is 2. The average molecular weight is 183 g/mol. The van der Waals surface area contributed by atoms with E-state index in [1.54, 1.807) is 0 Å². The number of rotatable bonds is 2. The highest BCUT2D eigenvalue weighted by molar-refractivity contribution is 4.82. The summed E-state index contributed by atoms with van der Waals surface area (Å²) in [5.41, 5.74) is 0. The van der Waals surface area contributed by atoms with Crippen LogP contribution < -0.4 is 5.32 Å². The van der Waals surface area contributed by atoms with Crippen molar-refractivity contribution in [1.82, 2.24) is 5.32 Å². The highest BCUT2D eigenvalue weighted by Gasteiger charge is 2.28. The van der Waals surface area contributed by atoms with Crippen molar-refractivity contribution in [3.05, 3.63) is 0 Å². The van der Waals surface area contributed by atoms with E-state index in [-0.39, 0.29) is 6.10 Å². The molecule has 2 heteroatoms. The Hall–Kier alpha value is -0.0800. The summed E-state index contributed by atoms with van der Waals surface area (Å²) in [4.78, 5) is 0. The lowest BCUT2D eigenvalue weighted by Gasteiger charge is -2.27. The number of aliphatic hydroxyl groups is 1. The molecule has 1 saturated carbocycles. The molecule has 2 aliphatic rings. The normalized spacial score (nSPS) is 40.8. The summed E-state index contributed by atoms with van der Waals surface area (Å²) in [7, 11) is 0. The van der Waals surface area contributed by atoms with Crippen LogP contribution in [0.2, 0.25) is 0 Å². The molecule has 2 N–H and O–H groups in total. The van der Waals surface area contributed by atoms with Gasteiger partial charge in [0.15, 0.2) is 0 Å². The van der Waals surface area contributed by atoms with E-state index in [4.69, 9.17) is 0 Å². The van der Waals surface area contributed by atoms with Gasteiger partial charge >= 0.3 is 0 Å². The van der Waals surface area contributed by atoms with Gasteiger partial charge in [-0.05, 0) is 44.6 Å². The zero-order chi connectivity index (χ0) is 9.10. The molecule has 2 fully saturated rings. The van der Waals surface area contributed by atoms with Crippen molar-refractivity contribution in [2.75, 3.05) is 6.54 Å². The van der Waals surface area contributed by atoms with E-state index in [2.05, 4.69) is 5.32 Å². The van der Waals surface area contributed by atoms with Crippen LogP contribution in [0.5, 0.6) is 0 Å². The Morgan fingerprint density at radius 1 is 1.08 bits per heavy atom. The summed E-state index contributed by atoms with van der Waals surface area (Å²) in [5, 5.41) is 13.2. The molecule has 2 nitrogen and oxygen atoms in total. The van der Waals surface area contributed by atoms with Gasteiger partial charge < -0.3 is 10.4 Å². The largest absolute Gasteiger partial charge is 0.393 e. The fourth-order valence-corrected chi connectivity index (χ4v) is 2.78. The maximum atomic E-state index is 9.69. The summed E-state index contributed by atoms with van der Waals surface area (Å²) < 4.78 is 0. The fraction of sp³-hybridized carbons (Fsp3) is 1.00. The first-order chi connectivity index (χ1) is 6.36. The molecule has 0 unspecified atom stereocenters. The summed E-state index contributed by atoms with van der Waals surface area (Å²) in [6.07, 6.45) is 8.77. The lowest BCUT2D eigenvalue weighted by Crippen LogP contribution is -2.36. The molecule has 0 bridgehead atoms. The van der Waals surface area contributed by atoms with Crippen molar-refractivity contribution in [3.63, 3.8) is 0 Å². The second-order valence-electron chi connectivity index (χ2n) is 4.64. The van der Waals surface area contributed by atoms with Gasteiger partial charge in [0.25, 0.3) is 0 Å². The number of nitrogens with one attached hydrogen (secondary N) is 1. The zero-order valence-electron chi connectivity index (χ0n) is 8.34. The highest BCUT2D eigenvalue weighted by atomic mass is 16.3. The van der Waals surface area contributed by atoms with E-state index < -0.39 is 0 Å². The van der Waals surface area contributed by atoms with Gasteiger partial charge in [-0.3, -0.25) is 0 Å². The molecule has 0 aromatic carbocycles. The molecule has 1 saturated heterocycles. The van der Waals surface area contributed by atoms with Crippen LogP contribution in [0.25, 0.3) is 0 Å². The lowest BCUT2D eigenvalue weighted by atomic mass is 9.92. The van der Waals surface area contributed by atoms with Crippen LogP contribution in [0.3, 0.4) is 0 Å². The van der Waals surface area contributed by atoms with Crippen molar-refractivity contribution in [3.8, 4) is 0 Å². The molecule has 76 valence electrons. The molecule has 0 spiro atoms. The van der Waals surface area contributed by atoms with Crippen LogP contribution in [0.1, 0.15) is 44.9 Å². The molecule has 2 rings (SSSR count). The fourth-order valence-electron chi connectivity index (χ4n) is 2.78. The second-order valence-corrected chi connectivity index (χ2v) is 4.64. The minimum atomic E-state index is 0.00345. The second kappa shape index (κ2) is 4.43. The van der Waals surface area contributed by atoms with E-state index in [1.165, 1.54) is 45.1 Å². The molecule has 0 radical (unpaired) electrons. The van der Waals surface area contributed by atoms with E-state index in [1.807, 2.05) is 0 Å². The molecule has 1 aliphatic heterocycles. The third-order valence-corrected chi connectivity index (χ3v) is 3.62. The maximum Gasteiger partial charge on any atom is 0.0569 e. The first-order valence-corrected chi connectivity index (χ1v) is 5.78. The smallest absolute Gasteiger partial charge is 0.0569 e. The van der Waals surface area contributed by atoms with Crippen molar-refractivity contribution in [2.45, 2.75) is 57.1 Å². The van der Waals surface area contributed by atoms with Crippen molar-refractivity contribution in [1.29, 1.82) is 0 Å². The molecule has 3 atom stereocenters. The van der Waals surface area contributed by atoms with Gasteiger partial charge in [-0.25, -0.2) is 0 Å². The van der Waals surface area contributed by atoms with Crippen LogP contribution in [0, 0.1) is 5.92 Å². The Morgan fingerprint density at radius 3 is 2.62 bits per heavy atom. The third kappa shape index (κ3) is 2.44. The molecule has 1 heterocycles. The highest BCUT2D eigenvalue weighted by Crippen LogP contribution is 2.30. The molecule has 13 heavy (non-hydrogen) atoms. The standard InChI is InChI=1S/C11H21NO/c13-11-6-3-4-9(11)8-10-5-1-2-7-12-10/h9-13H,1-8H2/t9-,10-,11+/m0/s1. The van der Waals surface area contributed by atoms with E-state index in [0.717, 1.165) is 6.42 Å². The van der Waals surface area contributed by atoms with Crippen LogP contribution in [0.4, 0.5) is 0 Å². The predicted molar refractivity (Wildman–Crippen MR) is 53.6 cm³/mol. The minimum absolute atomic E-state index is 0.00345. The SMILES string of the molecule is O[C@@H]1CCC[C@H]1C[C@@H]1CCCCN1. The summed E-state index contributed by atoms with van der Waals surface area (Å²) >= 11 is 0. The van der Waals surface area contributed by atoms with Gasteiger partial charge in [0, 0.05) is 6.04 Å². The Labute approximate surface area is 80.7 Å². The van der Waals surface area contributed by atoms with Gasteiger partial charge in [0.2, 0.25) is 0 Å². The predicted octanol–water partition coefficient (Wildman–Crippen LogP) is 1.68. The van der Waals surface area contributed by atoms with Gasteiger partial charge in [-0.15, -0.1) is 0 Å². The Kier molecular flexibility index (Phi) is 3.23. The third-order valence-electron chi connectivity index (χ3n) is 3.62. The minimum Gasteiger partial charge on any atom is -0.393 e. The number of aliphatic hydroxyl groups excluding tert-OH is 1. The maximum absolute atomic E-state index is 9.69. The van der Waals surface area contributed by atoms with Gasteiger partial charge in [-0.2, -0.15) is 0 Å². The van der Waals surface area contributed by atoms with E-state index in [9.17, 15) is 5.11 Å².